The van der Waals surface area contributed by atoms with Gasteiger partial charge in [-0.2, -0.15) is 0 Å². The molecular weight excluding hydrogens is 158 g/mol. The summed E-state index contributed by atoms with van der Waals surface area (Å²) in [6.07, 6.45) is 2.59. The molecule has 3 unspecified atom stereocenters. The largest absolute Gasteiger partial charge is 0.327 e. The standard InChI is InChI=1S/C12H25N/c1-8(2)6-9(3)10-7-11(13)12(10,4)5/h8-11H,6-7,13H2,1-5H3. The maximum Gasteiger partial charge on any atom is 0.00959 e. The Bertz CT molecular complexity index is 172. The Hall–Kier alpha value is -0.0400. The van der Waals surface area contributed by atoms with Crippen molar-refractivity contribution >= 4 is 0 Å². The highest BCUT2D eigenvalue weighted by molar-refractivity contribution is 5.01. The van der Waals surface area contributed by atoms with E-state index in [1.807, 2.05) is 0 Å². The van der Waals surface area contributed by atoms with E-state index in [9.17, 15) is 0 Å². The second-order valence-corrected chi connectivity index (χ2v) is 5.88. The molecule has 0 bridgehead atoms. The SMILES string of the molecule is CC(C)CC(C)C1CC(N)C1(C)C. The molecule has 0 aliphatic heterocycles. The lowest BCUT2D eigenvalue weighted by Crippen LogP contribution is -2.56. The van der Waals surface area contributed by atoms with E-state index in [1.54, 1.807) is 0 Å². The average Bonchev–Trinajstić information content (AvgIpc) is 1.98. The van der Waals surface area contributed by atoms with Gasteiger partial charge >= 0.3 is 0 Å². The van der Waals surface area contributed by atoms with E-state index in [-0.39, 0.29) is 0 Å². The Labute approximate surface area is 83.1 Å². The van der Waals surface area contributed by atoms with Gasteiger partial charge in [0.1, 0.15) is 0 Å². The van der Waals surface area contributed by atoms with E-state index in [1.165, 1.54) is 12.8 Å². The van der Waals surface area contributed by atoms with Gasteiger partial charge in [0, 0.05) is 6.04 Å². The minimum Gasteiger partial charge on any atom is -0.327 e. The monoisotopic (exact) mass is 183 g/mol. The van der Waals surface area contributed by atoms with Crippen molar-refractivity contribution in [3.8, 4) is 0 Å². The first-order chi connectivity index (χ1) is 5.85. The van der Waals surface area contributed by atoms with Gasteiger partial charge in [-0.1, -0.05) is 34.6 Å². The van der Waals surface area contributed by atoms with Crippen LogP contribution >= 0.6 is 0 Å². The Morgan fingerprint density at radius 3 is 2.15 bits per heavy atom. The molecule has 3 atom stereocenters. The summed E-state index contributed by atoms with van der Waals surface area (Å²) in [6.45, 7) is 11.6. The predicted octanol–water partition coefficient (Wildman–Crippen LogP) is 3.04. The predicted molar refractivity (Wildman–Crippen MR) is 58.5 cm³/mol. The molecule has 1 rings (SSSR count). The maximum atomic E-state index is 6.02. The third-order valence-electron chi connectivity index (χ3n) is 3.95. The summed E-state index contributed by atoms with van der Waals surface area (Å²) in [6, 6.07) is 0.437. The molecule has 1 nitrogen and oxygen atoms in total. The Balaban J connectivity index is 2.46. The van der Waals surface area contributed by atoms with Gasteiger partial charge in [0.05, 0.1) is 0 Å². The Morgan fingerprint density at radius 2 is 1.85 bits per heavy atom. The van der Waals surface area contributed by atoms with Gasteiger partial charge in [-0.05, 0) is 36.0 Å². The van der Waals surface area contributed by atoms with E-state index in [4.69, 9.17) is 5.73 Å². The molecule has 1 fully saturated rings. The molecule has 0 heterocycles. The van der Waals surface area contributed by atoms with Crippen LogP contribution in [0.4, 0.5) is 0 Å². The molecule has 1 aliphatic rings. The summed E-state index contributed by atoms with van der Waals surface area (Å²) in [5.41, 5.74) is 6.40. The van der Waals surface area contributed by atoms with Crippen molar-refractivity contribution in [2.45, 2.75) is 53.5 Å². The van der Waals surface area contributed by atoms with Gasteiger partial charge in [-0.25, -0.2) is 0 Å². The van der Waals surface area contributed by atoms with E-state index >= 15 is 0 Å². The van der Waals surface area contributed by atoms with Gasteiger partial charge < -0.3 is 5.73 Å². The summed E-state index contributed by atoms with van der Waals surface area (Å²) in [5.74, 6) is 2.52. The van der Waals surface area contributed by atoms with Crippen molar-refractivity contribution in [1.29, 1.82) is 0 Å². The molecule has 0 radical (unpaired) electrons. The highest BCUT2D eigenvalue weighted by Gasteiger charge is 2.47. The maximum absolute atomic E-state index is 6.02. The lowest BCUT2D eigenvalue weighted by Gasteiger charge is -2.53. The van der Waals surface area contributed by atoms with Crippen molar-refractivity contribution < 1.29 is 0 Å². The second kappa shape index (κ2) is 3.61. The zero-order chi connectivity index (χ0) is 10.2. The fourth-order valence-corrected chi connectivity index (χ4v) is 2.87. The van der Waals surface area contributed by atoms with E-state index < -0.39 is 0 Å². The molecule has 0 aromatic heterocycles. The zero-order valence-corrected chi connectivity index (χ0v) is 9.80. The first-order valence-electron chi connectivity index (χ1n) is 5.61. The van der Waals surface area contributed by atoms with Gasteiger partial charge in [-0.15, -0.1) is 0 Å². The molecule has 2 N–H and O–H groups in total. The minimum absolute atomic E-state index is 0.383. The second-order valence-electron chi connectivity index (χ2n) is 5.88. The molecule has 1 aliphatic carbocycles. The molecule has 0 saturated heterocycles. The van der Waals surface area contributed by atoms with Crippen molar-refractivity contribution in [1.82, 2.24) is 0 Å². The van der Waals surface area contributed by atoms with Crippen LogP contribution in [-0.4, -0.2) is 6.04 Å². The lowest BCUT2D eigenvalue weighted by molar-refractivity contribution is -0.00831. The summed E-state index contributed by atoms with van der Waals surface area (Å²) in [7, 11) is 0. The van der Waals surface area contributed by atoms with Crippen LogP contribution in [0.15, 0.2) is 0 Å². The van der Waals surface area contributed by atoms with Crippen molar-refractivity contribution in [3.63, 3.8) is 0 Å². The number of hydrogen-bond donors (Lipinski definition) is 1. The van der Waals surface area contributed by atoms with Crippen LogP contribution < -0.4 is 5.73 Å². The highest BCUT2D eigenvalue weighted by Crippen LogP contribution is 2.50. The highest BCUT2D eigenvalue weighted by atomic mass is 14.8. The van der Waals surface area contributed by atoms with Gasteiger partial charge in [0.15, 0.2) is 0 Å². The van der Waals surface area contributed by atoms with Crippen LogP contribution in [0.1, 0.15) is 47.5 Å². The average molecular weight is 183 g/mol. The van der Waals surface area contributed by atoms with Crippen LogP contribution in [0.5, 0.6) is 0 Å². The molecular formula is C12H25N. The molecule has 78 valence electrons. The minimum atomic E-state index is 0.383. The molecule has 0 spiro atoms. The lowest BCUT2D eigenvalue weighted by atomic mass is 9.54. The third kappa shape index (κ3) is 2.07. The molecule has 0 aromatic rings. The summed E-state index contributed by atoms with van der Waals surface area (Å²) in [5, 5.41) is 0. The molecule has 1 saturated carbocycles. The van der Waals surface area contributed by atoms with E-state index in [0.717, 1.165) is 17.8 Å². The van der Waals surface area contributed by atoms with E-state index in [0.29, 0.717) is 11.5 Å². The Morgan fingerprint density at radius 1 is 1.31 bits per heavy atom. The molecule has 0 amide bonds. The van der Waals surface area contributed by atoms with Gasteiger partial charge in [-0.3, -0.25) is 0 Å². The first-order valence-corrected chi connectivity index (χ1v) is 5.61. The smallest absolute Gasteiger partial charge is 0.00959 e. The van der Waals surface area contributed by atoms with Crippen molar-refractivity contribution in [3.05, 3.63) is 0 Å². The van der Waals surface area contributed by atoms with Crippen LogP contribution in [0.3, 0.4) is 0 Å². The van der Waals surface area contributed by atoms with Crippen LogP contribution in [-0.2, 0) is 0 Å². The van der Waals surface area contributed by atoms with Crippen LogP contribution in [0, 0.1) is 23.2 Å². The molecule has 0 aromatic carbocycles. The first kappa shape index (κ1) is 11.0. The number of hydrogen-bond acceptors (Lipinski definition) is 1. The zero-order valence-electron chi connectivity index (χ0n) is 9.80. The summed E-state index contributed by atoms with van der Waals surface area (Å²) < 4.78 is 0. The third-order valence-corrected chi connectivity index (χ3v) is 3.95. The quantitative estimate of drug-likeness (QED) is 0.715. The van der Waals surface area contributed by atoms with Crippen LogP contribution in [0.2, 0.25) is 0 Å². The van der Waals surface area contributed by atoms with E-state index in [2.05, 4.69) is 34.6 Å². The van der Waals surface area contributed by atoms with Crippen molar-refractivity contribution in [2.24, 2.45) is 28.9 Å². The Kier molecular flexibility index (Phi) is 3.06. The molecule has 1 heteroatoms. The fraction of sp³-hybridized carbons (Fsp3) is 1.00. The number of nitrogens with two attached hydrogens (primary N) is 1. The fourth-order valence-electron chi connectivity index (χ4n) is 2.87. The van der Waals surface area contributed by atoms with Gasteiger partial charge in [0.25, 0.3) is 0 Å². The number of rotatable bonds is 3. The van der Waals surface area contributed by atoms with Crippen molar-refractivity contribution in [2.75, 3.05) is 0 Å². The normalized spacial score (nSPS) is 34.4. The summed E-state index contributed by atoms with van der Waals surface area (Å²) >= 11 is 0. The summed E-state index contributed by atoms with van der Waals surface area (Å²) in [4.78, 5) is 0. The van der Waals surface area contributed by atoms with Gasteiger partial charge in [0.2, 0.25) is 0 Å². The van der Waals surface area contributed by atoms with Crippen LogP contribution in [0.25, 0.3) is 0 Å². The topological polar surface area (TPSA) is 26.0 Å². The molecule has 13 heavy (non-hydrogen) atoms.